The fourth-order valence-electron chi connectivity index (χ4n) is 3.09. The standard InChI is InChI=1S/C22H22N2O/c1-14-8-10-19(17(4)12-14)20-11-9-18(13-23-20)24-22(25)21-15(2)6-5-7-16(21)3/h5-13H,1-4H3,(H,24,25). The Balaban J connectivity index is 1.82. The Bertz CT molecular complexity index is 907. The minimum absolute atomic E-state index is 0.100. The highest BCUT2D eigenvalue weighted by atomic mass is 16.1. The molecule has 1 aromatic heterocycles. The number of pyridine rings is 1. The lowest BCUT2D eigenvalue weighted by Gasteiger charge is -2.11. The van der Waals surface area contributed by atoms with Crippen molar-refractivity contribution >= 4 is 11.6 Å². The molecule has 1 N–H and O–H groups in total. The van der Waals surface area contributed by atoms with Crippen LogP contribution in [0.25, 0.3) is 11.3 Å². The van der Waals surface area contributed by atoms with Crippen LogP contribution in [0.1, 0.15) is 32.6 Å². The topological polar surface area (TPSA) is 42.0 Å². The number of carbonyl (C=O) groups is 1. The predicted molar refractivity (Wildman–Crippen MR) is 103 cm³/mol. The van der Waals surface area contributed by atoms with Gasteiger partial charge in [-0.15, -0.1) is 0 Å². The van der Waals surface area contributed by atoms with Crippen LogP contribution in [0.4, 0.5) is 5.69 Å². The molecule has 2 aromatic carbocycles. The van der Waals surface area contributed by atoms with E-state index in [1.54, 1.807) is 6.20 Å². The molecule has 126 valence electrons. The van der Waals surface area contributed by atoms with E-state index in [0.29, 0.717) is 5.69 Å². The molecule has 0 aliphatic heterocycles. The highest BCUT2D eigenvalue weighted by Gasteiger charge is 2.12. The van der Waals surface area contributed by atoms with Gasteiger partial charge in [0.25, 0.3) is 5.91 Å². The Kier molecular flexibility index (Phi) is 4.66. The highest BCUT2D eigenvalue weighted by molar-refractivity contribution is 6.06. The van der Waals surface area contributed by atoms with E-state index in [2.05, 4.69) is 42.3 Å². The number of aryl methyl sites for hydroxylation is 4. The Morgan fingerprint density at radius 1 is 0.880 bits per heavy atom. The maximum absolute atomic E-state index is 12.6. The molecular weight excluding hydrogens is 308 g/mol. The number of benzene rings is 2. The van der Waals surface area contributed by atoms with Gasteiger partial charge in [-0.1, -0.05) is 42.0 Å². The van der Waals surface area contributed by atoms with Crippen LogP contribution >= 0.6 is 0 Å². The van der Waals surface area contributed by atoms with E-state index in [0.717, 1.165) is 27.9 Å². The maximum atomic E-state index is 12.6. The van der Waals surface area contributed by atoms with Crippen molar-refractivity contribution in [3.8, 4) is 11.3 Å². The Hall–Kier alpha value is -2.94. The Labute approximate surface area is 148 Å². The number of anilines is 1. The van der Waals surface area contributed by atoms with Gasteiger partial charge in [-0.3, -0.25) is 9.78 Å². The molecule has 3 nitrogen and oxygen atoms in total. The molecule has 0 fully saturated rings. The third-order valence-electron chi connectivity index (χ3n) is 4.39. The zero-order chi connectivity index (χ0) is 18.0. The number of hydrogen-bond donors (Lipinski definition) is 1. The average Bonchev–Trinajstić information content (AvgIpc) is 2.56. The van der Waals surface area contributed by atoms with Crippen LogP contribution in [-0.4, -0.2) is 10.9 Å². The third kappa shape index (κ3) is 3.61. The molecular formula is C22H22N2O. The summed E-state index contributed by atoms with van der Waals surface area (Å²) in [7, 11) is 0. The Morgan fingerprint density at radius 3 is 2.20 bits per heavy atom. The van der Waals surface area contributed by atoms with Crippen molar-refractivity contribution in [2.24, 2.45) is 0 Å². The summed E-state index contributed by atoms with van der Waals surface area (Å²) in [6.45, 7) is 8.06. The van der Waals surface area contributed by atoms with Crippen LogP contribution in [-0.2, 0) is 0 Å². The van der Waals surface area contributed by atoms with Gasteiger partial charge in [-0.2, -0.15) is 0 Å². The third-order valence-corrected chi connectivity index (χ3v) is 4.39. The molecule has 0 aliphatic rings. The number of aromatic nitrogens is 1. The summed E-state index contributed by atoms with van der Waals surface area (Å²) in [5, 5.41) is 2.94. The first-order valence-electron chi connectivity index (χ1n) is 8.37. The first kappa shape index (κ1) is 16.9. The van der Waals surface area contributed by atoms with Crippen molar-refractivity contribution in [2.45, 2.75) is 27.7 Å². The van der Waals surface area contributed by atoms with Crippen LogP contribution in [0, 0.1) is 27.7 Å². The summed E-state index contributed by atoms with van der Waals surface area (Å²) in [4.78, 5) is 17.1. The van der Waals surface area contributed by atoms with E-state index in [9.17, 15) is 4.79 Å². The minimum atomic E-state index is -0.100. The monoisotopic (exact) mass is 330 g/mol. The second-order valence-electron chi connectivity index (χ2n) is 6.47. The van der Waals surface area contributed by atoms with Crippen molar-refractivity contribution in [1.82, 2.24) is 4.98 Å². The molecule has 0 saturated heterocycles. The van der Waals surface area contributed by atoms with E-state index in [1.807, 2.05) is 44.2 Å². The van der Waals surface area contributed by atoms with Crippen LogP contribution in [0.3, 0.4) is 0 Å². The summed E-state index contributed by atoms with van der Waals surface area (Å²) >= 11 is 0. The largest absolute Gasteiger partial charge is 0.321 e. The van der Waals surface area contributed by atoms with E-state index < -0.39 is 0 Å². The van der Waals surface area contributed by atoms with Gasteiger partial charge < -0.3 is 5.32 Å². The fourth-order valence-corrected chi connectivity index (χ4v) is 3.09. The van der Waals surface area contributed by atoms with Crippen molar-refractivity contribution in [3.05, 3.63) is 82.5 Å². The number of carbonyl (C=O) groups excluding carboxylic acids is 1. The molecule has 3 aromatic rings. The first-order valence-corrected chi connectivity index (χ1v) is 8.37. The molecule has 0 unspecified atom stereocenters. The van der Waals surface area contributed by atoms with Crippen LogP contribution in [0.5, 0.6) is 0 Å². The van der Waals surface area contributed by atoms with E-state index in [-0.39, 0.29) is 5.91 Å². The summed E-state index contributed by atoms with van der Waals surface area (Å²) in [5.41, 5.74) is 7.80. The Morgan fingerprint density at radius 2 is 1.60 bits per heavy atom. The molecule has 0 spiro atoms. The lowest BCUT2D eigenvalue weighted by molar-refractivity contribution is 0.102. The second-order valence-corrected chi connectivity index (χ2v) is 6.47. The molecule has 0 bridgehead atoms. The molecule has 0 atom stereocenters. The van der Waals surface area contributed by atoms with Gasteiger partial charge in [0.1, 0.15) is 0 Å². The number of hydrogen-bond acceptors (Lipinski definition) is 2. The molecule has 1 amide bonds. The van der Waals surface area contributed by atoms with Crippen LogP contribution in [0.15, 0.2) is 54.7 Å². The lowest BCUT2D eigenvalue weighted by atomic mass is 10.0. The lowest BCUT2D eigenvalue weighted by Crippen LogP contribution is -2.15. The molecule has 25 heavy (non-hydrogen) atoms. The van der Waals surface area contributed by atoms with Gasteiger partial charge >= 0.3 is 0 Å². The molecule has 3 heteroatoms. The van der Waals surface area contributed by atoms with E-state index in [4.69, 9.17) is 0 Å². The van der Waals surface area contributed by atoms with Crippen molar-refractivity contribution < 1.29 is 4.79 Å². The summed E-state index contributed by atoms with van der Waals surface area (Å²) in [5.74, 6) is -0.100. The minimum Gasteiger partial charge on any atom is -0.321 e. The van der Waals surface area contributed by atoms with Gasteiger partial charge in [0, 0.05) is 11.1 Å². The second kappa shape index (κ2) is 6.89. The molecule has 0 radical (unpaired) electrons. The quantitative estimate of drug-likeness (QED) is 0.714. The number of nitrogens with one attached hydrogen (secondary N) is 1. The highest BCUT2D eigenvalue weighted by Crippen LogP contribution is 2.24. The normalized spacial score (nSPS) is 10.6. The summed E-state index contributed by atoms with van der Waals surface area (Å²) in [6, 6.07) is 16.0. The van der Waals surface area contributed by atoms with Crippen molar-refractivity contribution in [1.29, 1.82) is 0 Å². The van der Waals surface area contributed by atoms with Gasteiger partial charge in [-0.05, 0) is 56.5 Å². The fraction of sp³-hybridized carbons (Fsp3) is 0.182. The van der Waals surface area contributed by atoms with Crippen molar-refractivity contribution in [2.75, 3.05) is 5.32 Å². The van der Waals surface area contributed by atoms with Crippen molar-refractivity contribution in [3.63, 3.8) is 0 Å². The van der Waals surface area contributed by atoms with Gasteiger partial charge in [0.15, 0.2) is 0 Å². The smallest absolute Gasteiger partial charge is 0.256 e. The molecule has 0 aliphatic carbocycles. The van der Waals surface area contributed by atoms with Gasteiger partial charge in [-0.25, -0.2) is 0 Å². The summed E-state index contributed by atoms with van der Waals surface area (Å²) < 4.78 is 0. The van der Waals surface area contributed by atoms with Gasteiger partial charge in [0.2, 0.25) is 0 Å². The van der Waals surface area contributed by atoms with Gasteiger partial charge in [0.05, 0.1) is 17.6 Å². The zero-order valence-corrected chi connectivity index (χ0v) is 15.1. The maximum Gasteiger partial charge on any atom is 0.256 e. The number of amides is 1. The SMILES string of the molecule is Cc1ccc(-c2ccc(NC(=O)c3c(C)cccc3C)cn2)c(C)c1. The molecule has 0 saturated carbocycles. The van der Waals surface area contributed by atoms with E-state index in [1.165, 1.54) is 11.1 Å². The number of nitrogens with zero attached hydrogens (tertiary/aromatic N) is 1. The predicted octanol–water partition coefficient (Wildman–Crippen LogP) is 5.23. The summed E-state index contributed by atoms with van der Waals surface area (Å²) in [6.07, 6.45) is 1.71. The van der Waals surface area contributed by atoms with Crippen LogP contribution in [0.2, 0.25) is 0 Å². The average molecular weight is 330 g/mol. The molecule has 1 heterocycles. The zero-order valence-electron chi connectivity index (χ0n) is 15.1. The molecule has 3 rings (SSSR count). The van der Waals surface area contributed by atoms with E-state index >= 15 is 0 Å². The van der Waals surface area contributed by atoms with Crippen LogP contribution < -0.4 is 5.32 Å². The number of rotatable bonds is 3. The first-order chi connectivity index (χ1) is 12.0.